The molecular weight excluding hydrogens is 330 g/mol. The van der Waals surface area contributed by atoms with Crippen LogP contribution in [0.1, 0.15) is 62.9 Å². The third kappa shape index (κ3) is 3.13. The maximum absolute atomic E-state index is 11.6. The average molecular weight is 357 g/mol. The summed E-state index contributed by atoms with van der Waals surface area (Å²) < 4.78 is 4.23. The van der Waals surface area contributed by atoms with Crippen molar-refractivity contribution in [3.63, 3.8) is 0 Å². The number of carbonyl (C=O) groups excluding carboxylic acids is 1. The molecule has 0 aliphatic carbocycles. The van der Waals surface area contributed by atoms with Crippen molar-refractivity contribution in [3.8, 4) is 0 Å². The van der Waals surface area contributed by atoms with E-state index in [-0.39, 0.29) is 5.91 Å². The monoisotopic (exact) mass is 357 g/mol. The molecule has 0 saturated carbocycles. The van der Waals surface area contributed by atoms with Crippen molar-refractivity contribution in [2.45, 2.75) is 65.3 Å². The Labute approximate surface area is 153 Å². The number of nitrogens with zero attached hydrogens (tertiary/aromatic N) is 7. The van der Waals surface area contributed by atoms with Crippen molar-refractivity contribution >= 4 is 5.91 Å². The lowest BCUT2D eigenvalue weighted by Gasteiger charge is -2.29. The van der Waals surface area contributed by atoms with E-state index >= 15 is 0 Å². The van der Waals surface area contributed by atoms with Gasteiger partial charge in [0.05, 0.1) is 18.8 Å². The van der Waals surface area contributed by atoms with E-state index in [1.165, 1.54) is 12.0 Å². The zero-order chi connectivity index (χ0) is 18.3. The zero-order valence-electron chi connectivity index (χ0n) is 15.8. The van der Waals surface area contributed by atoms with Gasteiger partial charge in [-0.05, 0) is 33.2 Å². The molecule has 0 radical (unpaired) electrons. The number of likely N-dealkylation sites (tertiary alicyclic amines) is 1. The van der Waals surface area contributed by atoms with Crippen LogP contribution in [0, 0.1) is 0 Å². The van der Waals surface area contributed by atoms with Gasteiger partial charge in [-0.15, -0.1) is 10.2 Å². The molecule has 4 rings (SSSR count). The SMILES string of the molecule is CC(=O)N1CCn2c(nnc2C2CCCN2Cc2cnn(C(C)C)c2)C1. The van der Waals surface area contributed by atoms with Gasteiger partial charge in [0.25, 0.3) is 0 Å². The second kappa shape index (κ2) is 6.83. The molecule has 1 fully saturated rings. The van der Waals surface area contributed by atoms with Gasteiger partial charge < -0.3 is 9.47 Å². The highest BCUT2D eigenvalue weighted by molar-refractivity contribution is 5.73. The Morgan fingerprint density at radius 2 is 2.12 bits per heavy atom. The van der Waals surface area contributed by atoms with Crippen molar-refractivity contribution < 1.29 is 4.79 Å². The molecule has 1 atom stereocenters. The Morgan fingerprint density at radius 1 is 1.27 bits per heavy atom. The fraction of sp³-hybridized carbons (Fsp3) is 0.667. The summed E-state index contributed by atoms with van der Waals surface area (Å²) in [7, 11) is 0. The summed E-state index contributed by atoms with van der Waals surface area (Å²) in [4.78, 5) is 15.9. The first kappa shape index (κ1) is 17.2. The van der Waals surface area contributed by atoms with E-state index in [0.29, 0.717) is 18.6 Å². The number of hydrogen-bond donors (Lipinski definition) is 0. The Kier molecular flexibility index (Phi) is 4.52. The number of rotatable bonds is 4. The van der Waals surface area contributed by atoms with Crippen LogP contribution in [0.4, 0.5) is 0 Å². The summed E-state index contributed by atoms with van der Waals surface area (Å²) in [6, 6.07) is 0.674. The summed E-state index contributed by atoms with van der Waals surface area (Å²) >= 11 is 0. The summed E-state index contributed by atoms with van der Waals surface area (Å²) in [5.74, 6) is 2.06. The highest BCUT2D eigenvalue weighted by atomic mass is 16.2. The van der Waals surface area contributed by atoms with Gasteiger partial charge in [-0.25, -0.2) is 0 Å². The van der Waals surface area contributed by atoms with Crippen LogP contribution in [-0.2, 0) is 24.4 Å². The second-order valence-corrected chi connectivity index (χ2v) is 7.62. The number of fused-ring (bicyclic) bond motifs is 1. The van der Waals surface area contributed by atoms with Gasteiger partial charge in [0.1, 0.15) is 0 Å². The molecule has 1 saturated heterocycles. The van der Waals surface area contributed by atoms with Crippen LogP contribution in [0.15, 0.2) is 12.4 Å². The third-order valence-corrected chi connectivity index (χ3v) is 5.46. The number of carbonyl (C=O) groups is 1. The van der Waals surface area contributed by atoms with E-state index < -0.39 is 0 Å². The lowest BCUT2D eigenvalue weighted by Crippen LogP contribution is -2.38. The standard InChI is InChI=1S/C18H27N7O/c1-13(2)25-11-15(9-19-25)10-23-6-4-5-16(23)18-21-20-17-12-22(14(3)26)7-8-24(17)18/h9,11,13,16H,4-8,10,12H2,1-3H3. The molecule has 140 valence electrons. The average Bonchev–Trinajstić information content (AvgIpc) is 3.33. The molecule has 2 aliphatic rings. The smallest absolute Gasteiger partial charge is 0.219 e. The molecule has 1 amide bonds. The highest BCUT2D eigenvalue weighted by Gasteiger charge is 2.33. The third-order valence-electron chi connectivity index (χ3n) is 5.46. The minimum Gasteiger partial charge on any atom is -0.334 e. The predicted molar refractivity (Wildman–Crippen MR) is 96.1 cm³/mol. The topological polar surface area (TPSA) is 72.1 Å². The molecule has 0 aromatic carbocycles. The fourth-order valence-corrected chi connectivity index (χ4v) is 3.98. The van der Waals surface area contributed by atoms with Crippen LogP contribution in [0.2, 0.25) is 0 Å². The van der Waals surface area contributed by atoms with Gasteiger partial charge in [0.15, 0.2) is 11.6 Å². The van der Waals surface area contributed by atoms with Crippen LogP contribution < -0.4 is 0 Å². The molecule has 2 aliphatic heterocycles. The fourth-order valence-electron chi connectivity index (χ4n) is 3.98. The van der Waals surface area contributed by atoms with E-state index in [4.69, 9.17) is 0 Å². The normalized spacial score (nSPS) is 20.8. The van der Waals surface area contributed by atoms with Gasteiger partial charge in [0.2, 0.25) is 5.91 Å². The molecule has 8 heteroatoms. The van der Waals surface area contributed by atoms with Crippen molar-refractivity contribution in [3.05, 3.63) is 29.6 Å². The molecule has 1 unspecified atom stereocenters. The molecule has 0 bridgehead atoms. The van der Waals surface area contributed by atoms with Crippen molar-refractivity contribution in [2.75, 3.05) is 13.1 Å². The summed E-state index contributed by atoms with van der Waals surface area (Å²) in [5.41, 5.74) is 1.24. The van der Waals surface area contributed by atoms with Crippen molar-refractivity contribution in [1.82, 2.24) is 34.3 Å². The van der Waals surface area contributed by atoms with Crippen LogP contribution in [0.25, 0.3) is 0 Å². The lowest BCUT2D eigenvalue weighted by atomic mass is 10.2. The van der Waals surface area contributed by atoms with E-state index in [0.717, 1.165) is 44.2 Å². The quantitative estimate of drug-likeness (QED) is 0.834. The van der Waals surface area contributed by atoms with Gasteiger partial charge in [-0.2, -0.15) is 5.10 Å². The Bertz CT molecular complexity index is 793. The summed E-state index contributed by atoms with van der Waals surface area (Å²) in [6.07, 6.45) is 6.39. The Morgan fingerprint density at radius 3 is 2.85 bits per heavy atom. The Hall–Kier alpha value is -2.22. The predicted octanol–water partition coefficient (Wildman–Crippen LogP) is 1.75. The van der Waals surface area contributed by atoms with E-state index in [9.17, 15) is 4.79 Å². The van der Waals surface area contributed by atoms with Crippen LogP contribution >= 0.6 is 0 Å². The first-order chi connectivity index (χ1) is 12.5. The Balaban J connectivity index is 1.51. The number of amides is 1. The zero-order valence-corrected chi connectivity index (χ0v) is 15.8. The minimum absolute atomic E-state index is 0.102. The minimum atomic E-state index is 0.102. The highest BCUT2D eigenvalue weighted by Crippen LogP contribution is 2.33. The molecule has 8 nitrogen and oxygen atoms in total. The van der Waals surface area contributed by atoms with E-state index in [1.54, 1.807) is 6.92 Å². The lowest BCUT2D eigenvalue weighted by molar-refractivity contribution is -0.130. The molecule has 4 heterocycles. The van der Waals surface area contributed by atoms with Gasteiger partial charge in [0, 0.05) is 44.4 Å². The summed E-state index contributed by atoms with van der Waals surface area (Å²) in [5, 5.41) is 13.4. The van der Waals surface area contributed by atoms with Crippen LogP contribution in [-0.4, -0.2) is 53.3 Å². The largest absolute Gasteiger partial charge is 0.334 e. The first-order valence-electron chi connectivity index (χ1n) is 9.47. The maximum Gasteiger partial charge on any atom is 0.219 e. The molecule has 0 N–H and O–H groups in total. The molecule has 26 heavy (non-hydrogen) atoms. The first-order valence-corrected chi connectivity index (χ1v) is 9.47. The van der Waals surface area contributed by atoms with E-state index in [1.807, 2.05) is 15.8 Å². The second-order valence-electron chi connectivity index (χ2n) is 7.62. The molecular formula is C18H27N7O. The molecule has 2 aromatic heterocycles. The number of aromatic nitrogens is 5. The van der Waals surface area contributed by atoms with Gasteiger partial charge in [-0.3, -0.25) is 14.4 Å². The van der Waals surface area contributed by atoms with Crippen molar-refractivity contribution in [2.24, 2.45) is 0 Å². The van der Waals surface area contributed by atoms with Crippen LogP contribution in [0.3, 0.4) is 0 Å². The van der Waals surface area contributed by atoms with Crippen molar-refractivity contribution in [1.29, 1.82) is 0 Å². The number of hydrogen-bond acceptors (Lipinski definition) is 5. The molecule has 2 aromatic rings. The van der Waals surface area contributed by atoms with Gasteiger partial charge in [-0.1, -0.05) is 0 Å². The maximum atomic E-state index is 11.6. The van der Waals surface area contributed by atoms with E-state index in [2.05, 4.69) is 44.8 Å². The summed E-state index contributed by atoms with van der Waals surface area (Å²) in [6.45, 7) is 9.94. The molecule has 0 spiro atoms. The van der Waals surface area contributed by atoms with Gasteiger partial charge >= 0.3 is 0 Å². The van der Waals surface area contributed by atoms with Crippen LogP contribution in [0.5, 0.6) is 0 Å².